The molecule has 0 aliphatic heterocycles. The fourth-order valence-electron chi connectivity index (χ4n) is 1.10. The highest BCUT2D eigenvalue weighted by atomic mass is 16.5. The third kappa shape index (κ3) is 1.91. The van der Waals surface area contributed by atoms with Crippen molar-refractivity contribution in [3.8, 4) is 5.75 Å². The summed E-state index contributed by atoms with van der Waals surface area (Å²) in [7, 11) is 0. The Bertz CT molecular complexity index is 258. The van der Waals surface area contributed by atoms with Crippen LogP contribution in [0.5, 0.6) is 5.75 Å². The Labute approximate surface area is 73.3 Å². The highest BCUT2D eigenvalue weighted by Gasteiger charge is 1.99. The summed E-state index contributed by atoms with van der Waals surface area (Å²) in [5, 5.41) is 0. The first-order valence-corrected chi connectivity index (χ1v) is 4.29. The fourth-order valence-corrected chi connectivity index (χ4v) is 1.10. The molecule has 0 atom stereocenters. The predicted molar refractivity (Wildman–Crippen MR) is 51.4 cm³/mol. The summed E-state index contributed by atoms with van der Waals surface area (Å²) < 4.78 is 5.31. The van der Waals surface area contributed by atoms with Crippen molar-refractivity contribution in [3.05, 3.63) is 23.8 Å². The lowest BCUT2D eigenvalue weighted by Gasteiger charge is -2.07. The van der Waals surface area contributed by atoms with Gasteiger partial charge < -0.3 is 10.5 Å². The van der Waals surface area contributed by atoms with Gasteiger partial charge in [-0.25, -0.2) is 0 Å². The van der Waals surface area contributed by atoms with E-state index in [-0.39, 0.29) is 0 Å². The van der Waals surface area contributed by atoms with E-state index in [2.05, 4.69) is 6.92 Å². The maximum Gasteiger partial charge on any atom is 0.142 e. The van der Waals surface area contributed by atoms with E-state index in [1.165, 1.54) is 5.56 Å². The normalized spacial score (nSPS) is 9.83. The number of anilines is 1. The molecule has 0 saturated heterocycles. The van der Waals surface area contributed by atoms with Gasteiger partial charge >= 0.3 is 0 Å². The van der Waals surface area contributed by atoms with Gasteiger partial charge in [0.05, 0.1) is 12.3 Å². The molecule has 2 N–H and O–H groups in total. The van der Waals surface area contributed by atoms with Gasteiger partial charge in [0.2, 0.25) is 0 Å². The van der Waals surface area contributed by atoms with Crippen LogP contribution in [0.1, 0.15) is 19.4 Å². The van der Waals surface area contributed by atoms with Gasteiger partial charge in [0.15, 0.2) is 0 Å². The number of hydrogen-bond acceptors (Lipinski definition) is 2. The van der Waals surface area contributed by atoms with Crippen molar-refractivity contribution >= 4 is 5.69 Å². The van der Waals surface area contributed by atoms with Crippen LogP contribution in [-0.4, -0.2) is 6.61 Å². The smallest absolute Gasteiger partial charge is 0.142 e. The van der Waals surface area contributed by atoms with Gasteiger partial charge in [-0.05, 0) is 31.0 Å². The summed E-state index contributed by atoms with van der Waals surface area (Å²) >= 11 is 0. The lowest BCUT2D eigenvalue weighted by atomic mass is 10.1. The molecule has 0 heterocycles. The molecule has 66 valence electrons. The maximum absolute atomic E-state index is 5.76. The molecule has 0 amide bonds. The number of aryl methyl sites for hydroxylation is 1. The Morgan fingerprint density at radius 1 is 1.33 bits per heavy atom. The lowest BCUT2D eigenvalue weighted by molar-refractivity contribution is 0.342. The van der Waals surface area contributed by atoms with Crippen molar-refractivity contribution < 1.29 is 4.74 Å². The second kappa shape index (κ2) is 4.00. The minimum absolute atomic E-state index is 0.662. The van der Waals surface area contributed by atoms with Crippen LogP contribution in [0.3, 0.4) is 0 Å². The largest absolute Gasteiger partial charge is 0.492 e. The van der Waals surface area contributed by atoms with E-state index < -0.39 is 0 Å². The Hall–Kier alpha value is -1.18. The molecule has 0 bridgehead atoms. The van der Waals surface area contributed by atoms with E-state index in [9.17, 15) is 0 Å². The zero-order valence-electron chi connectivity index (χ0n) is 7.63. The highest BCUT2D eigenvalue weighted by molar-refractivity contribution is 5.54. The van der Waals surface area contributed by atoms with E-state index in [4.69, 9.17) is 10.5 Å². The quantitative estimate of drug-likeness (QED) is 0.697. The van der Waals surface area contributed by atoms with Crippen molar-refractivity contribution in [1.29, 1.82) is 0 Å². The summed E-state index contributed by atoms with van der Waals surface area (Å²) in [5.41, 5.74) is 7.74. The van der Waals surface area contributed by atoms with Crippen LogP contribution in [0, 0.1) is 0 Å². The topological polar surface area (TPSA) is 35.2 Å². The third-order valence-electron chi connectivity index (χ3n) is 1.78. The van der Waals surface area contributed by atoms with E-state index in [0.717, 1.165) is 17.9 Å². The molecule has 2 nitrogen and oxygen atoms in total. The predicted octanol–water partition coefficient (Wildman–Crippen LogP) is 2.23. The molecule has 0 aliphatic rings. The number of nitrogens with two attached hydrogens (primary N) is 1. The van der Waals surface area contributed by atoms with E-state index >= 15 is 0 Å². The molecule has 0 aliphatic carbocycles. The average molecular weight is 165 g/mol. The Balaban J connectivity index is 2.87. The second-order valence-corrected chi connectivity index (χ2v) is 2.66. The van der Waals surface area contributed by atoms with E-state index in [1.54, 1.807) is 0 Å². The summed E-state index contributed by atoms with van der Waals surface area (Å²) in [6.45, 7) is 4.72. The number of nitrogen functional groups attached to an aromatic ring is 1. The van der Waals surface area contributed by atoms with Gasteiger partial charge in [-0.1, -0.05) is 13.0 Å². The van der Waals surface area contributed by atoms with Gasteiger partial charge in [0.25, 0.3) is 0 Å². The van der Waals surface area contributed by atoms with Crippen LogP contribution < -0.4 is 10.5 Å². The number of rotatable bonds is 3. The molecule has 1 rings (SSSR count). The van der Waals surface area contributed by atoms with Crippen LogP contribution in [0.4, 0.5) is 5.69 Å². The maximum atomic E-state index is 5.76. The minimum Gasteiger partial charge on any atom is -0.492 e. The second-order valence-electron chi connectivity index (χ2n) is 2.66. The highest BCUT2D eigenvalue weighted by Crippen LogP contribution is 2.22. The van der Waals surface area contributed by atoms with Crippen LogP contribution in [-0.2, 0) is 6.42 Å². The molecule has 2 heteroatoms. The van der Waals surface area contributed by atoms with Crippen molar-refractivity contribution in [2.45, 2.75) is 20.3 Å². The van der Waals surface area contributed by atoms with Crippen LogP contribution in [0.25, 0.3) is 0 Å². The lowest BCUT2D eigenvalue weighted by Crippen LogP contribution is -1.97. The van der Waals surface area contributed by atoms with Crippen molar-refractivity contribution in [2.24, 2.45) is 0 Å². The van der Waals surface area contributed by atoms with Gasteiger partial charge in [0, 0.05) is 0 Å². The molecule has 0 saturated carbocycles. The summed E-state index contributed by atoms with van der Waals surface area (Å²) in [5.74, 6) is 0.787. The number of hydrogen-bond donors (Lipinski definition) is 1. The zero-order valence-corrected chi connectivity index (χ0v) is 7.63. The van der Waals surface area contributed by atoms with Crippen molar-refractivity contribution in [2.75, 3.05) is 12.3 Å². The van der Waals surface area contributed by atoms with Gasteiger partial charge in [-0.2, -0.15) is 0 Å². The Morgan fingerprint density at radius 3 is 2.58 bits per heavy atom. The molecule has 0 spiro atoms. The fraction of sp³-hybridized carbons (Fsp3) is 0.400. The Kier molecular flexibility index (Phi) is 2.97. The first-order valence-electron chi connectivity index (χ1n) is 4.29. The van der Waals surface area contributed by atoms with Crippen LogP contribution in [0.15, 0.2) is 18.2 Å². The summed E-state index contributed by atoms with van der Waals surface area (Å²) in [4.78, 5) is 0. The standard InChI is InChI=1S/C10H15NO/c1-3-8-5-6-10(12-4-2)9(11)7-8/h5-7H,3-4,11H2,1-2H3. The summed E-state index contributed by atoms with van der Waals surface area (Å²) in [6.07, 6.45) is 1.01. The third-order valence-corrected chi connectivity index (χ3v) is 1.78. The first kappa shape index (κ1) is 8.91. The monoisotopic (exact) mass is 165 g/mol. The molecule has 1 aromatic carbocycles. The van der Waals surface area contributed by atoms with E-state index in [1.807, 2.05) is 25.1 Å². The molecule has 0 unspecified atom stereocenters. The van der Waals surface area contributed by atoms with Crippen LogP contribution in [0.2, 0.25) is 0 Å². The molecular weight excluding hydrogens is 150 g/mol. The van der Waals surface area contributed by atoms with Crippen LogP contribution >= 0.6 is 0 Å². The van der Waals surface area contributed by atoms with E-state index in [0.29, 0.717) is 6.61 Å². The number of ether oxygens (including phenoxy) is 1. The minimum atomic E-state index is 0.662. The average Bonchev–Trinajstić information content (AvgIpc) is 2.09. The van der Waals surface area contributed by atoms with Crippen molar-refractivity contribution in [3.63, 3.8) is 0 Å². The molecule has 1 aromatic rings. The molecular formula is C10H15NO. The van der Waals surface area contributed by atoms with Crippen molar-refractivity contribution in [1.82, 2.24) is 0 Å². The molecule has 0 aromatic heterocycles. The zero-order chi connectivity index (χ0) is 8.97. The SMILES string of the molecule is CCOc1ccc(CC)cc1N. The first-order chi connectivity index (χ1) is 5.77. The molecule has 12 heavy (non-hydrogen) atoms. The van der Waals surface area contributed by atoms with Gasteiger partial charge in [-0.15, -0.1) is 0 Å². The number of benzene rings is 1. The van der Waals surface area contributed by atoms with Gasteiger partial charge in [-0.3, -0.25) is 0 Å². The Morgan fingerprint density at radius 2 is 2.08 bits per heavy atom. The summed E-state index contributed by atoms with van der Waals surface area (Å²) in [6, 6.07) is 5.93. The van der Waals surface area contributed by atoms with Gasteiger partial charge in [0.1, 0.15) is 5.75 Å². The molecule has 0 radical (unpaired) electrons. The molecule has 0 fully saturated rings.